The number of likely N-dealkylation sites (tertiary alicyclic amines) is 1. The number of aromatic nitrogens is 2. The highest BCUT2D eigenvalue weighted by molar-refractivity contribution is 5.76. The molecule has 29 heavy (non-hydrogen) atoms. The van der Waals surface area contributed by atoms with Gasteiger partial charge in [0.05, 0.1) is 11.7 Å². The van der Waals surface area contributed by atoms with Gasteiger partial charge < -0.3 is 4.90 Å². The van der Waals surface area contributed by atoms with Crippen molar-refractivity contribution in [3.05, 3.63) is 52.3 Å². The number of hydrogen-bond acceptors (Lipinski definition) is 3. The molecule has 1 aromatic heterocycles. The smallest absolute Gasteiger partial charge is 0.267 e. The first-order chi connectivity index (χ1) is 14.1. The predicted octanol–water partition coefficient (Wildman–Crippen LogP) is 4.35. The minimum Gasteiger partial charge on any atom is -0.343 e. The maximum atomic E-state index is 12.7. The van der Waals surface area contributed by atoms with Crippen molar-refractivity contribution >= 4 is 5.91 Å². The monoisotopic (exact) mass is 393 g/mol. The summed E-state index contributed by atoms with van der Waals surface area (Å²) in [6.07, 6.45) is 8.55. The quantitative estimate of drug-likeness (QED) is 0.776. The third-order valence-corrected chi connectivity index (χ3v) is 6.55. The van der Waals surface area contributed by atoms with Crippen LogP contribution in [-0.2, 0) is 4.79 Å². The summed E-state index contributed by atoms with van der Waals surface area (Å²) < 4.78 is 1.65. The zero-order valence-corrected chi connectivity index (χ0v) is 17.3. The first kappa shape index (κ1) is 19.9. The van der Waals surface area contributed by atoms with E-state index in [-0.39, 0.29) is 11.6 Å². The van der Waals surface area contributed by atoms with E-state index in [0.29, 0.717) is 18.2 Å². The molecule has 1 aliphatic heterocycles. The van der Waals surface area contributed by atoms with Gasteiger partial charge in [-0.25, -0.2) is 4.68 Å². The second-order valence-electron chi connectivity index (χ2n) is 8.64. The summed E-state index contributed by atoms with van der Waals surface area (Å²) in [6.45, 7) is 3.38. The summed E-state index contributed by atoms with van der Waals surface area (Å²) in [6, 6.07) is 11.8. The zero-order chi connectivity index (χ0) is 20.2. The number of piperidine rings is 1. The van der Waals surface area contributed by atoms with Gasteiger partial charge >= 0.3 is 0 Å². The van der Waals surface area contributed by atoms with Crippen molar-refractivity contribution in [2.75, 3.05) is 13.1 Å². The van der Waals surface area contributed by atoms with E-state index in [1.54, 1.807) is 10.7 Å². The van der Waals surface area contributed by atoms with Crippen LogP contribution in [0.5, 0.6) is 0 Å². The van der Waals surface area contributed by atoms with Gasteiger partial charge in [0.25, 0.3) is 5.56 Å². The molecule has 0 radical (unpaired) electrons. The lowest BCUT2D eigenvalue weighted by atomic mass is 9.86. The Kier molecular flexibility index (Phi) is 6.12. The van der Waals surface area contributed by atoms with E-state index in [4.69, 9.17) is 5.10 Å². The highest BCUT2D eigenvalue weighted by Crippen LogP contribution is 2.29. The van der Waals surface area contributed by atoms with Crippen LogP contribution in [0, 0.1) is 12.8 Å². The van der Waals surface area contributed by atoms with Crippen molar-refractivity contribution in [2.24, 2.45) is 5.92 Å². The average Bonchev–Trinajstić information content (AvgIpc) is 2.75. The van der Waals surface area contributed by atoms with Crippen LogP contribution in [0.15, 0.2) is 41.2 Å². The molecule has 5 nitrogen and oxygen atoms in total. The number of benzene rings is 1. The Labute approximate surface area is 172 Å². The molecule has 0 atom stereocenters. The summed E-state index contributed by atoms with van der Waals surface area (Å²) in [5.74, 6) is 0.869. The lowest BCUT2D eigenvalue weighted by Crippen LogP contribution is -2.42. The largest absolute Gasteiger partial charge is 0.343 e. The fourth-order valence-electron chi connectivity index (χ4n) is 4.83. The molecule has 0 spiro atoms. The highest BCUT2D eigenvalue weighted by Gasteiger charge is 2.27. The van der Waals surface area contributed by atoms with Gasteiger partial charge in [0.15, 0.2) is 0 Å². The fraction of sp³-hybridized carbons (Fsp3) is 0.542. The Hall–Kier alpha value is -2.43. The zero-order valence-electron chi connectivity index (χ0n) is 17.3. The Morgan fingerprint density at radius 1 is 1.03 bits per heavy atom. The van der Waals surface area contributed by atoms with Gasteiger partial charge in [0.1, 0.15) is 0 Å². The summed E-state index contributed by atoms with van der Waals surface area (Å²) >= 11 is 0. The molecule has 5 heteroatoms. The maximum Gasteiger partial charge on any atom is 0.267 e. The van der Waals surface area contributed by atoms with Crippen LogP contribution in [0.4, 0.5) is 0 Å². The molecule has 1 aromatic carbocycles. The lowest BCUT2D eigenvalue weighted by molar-refractivity contribution is -0.133. The molecule has 2 aromatic rings. The minimum atomic E-state index is -0.0471. The molecule has 1 saturated heterocycles. The van der Waals surface area contributed by atoms with Crippen molar-refractivity contribution in [1.82, 2.24) is 14.7 Å². The summed E-state index contributed by atoms with van der Waals surface area (Å²) in [7, 11) is 0. The van der Waals surface area contributed by atoms with Crippen molar-refractivity contribution in [3.63, 3.8) is 0 Å². The van der Waals surface area contributed by atoms with Crippen LogP contribution in [0.2, 0.25) is 0 Å². The Balaban J connectivity index is 1.43. The Morgan fingerprint density at radius 2 is 1.72 bits per heavy atom. The molecule has 0 bridgehead atoms. The van der Waals surface area contributed by atoms with Gasteiger partial charge in [0, 0.05) is 31.1 Å². The number of carbonyl (C=O) groups is 1. The van der Waals surface area contributed by atoms with Crippen LogP contribution < -0.4 is 5.56 Å². The second kappa shape index (κ2) is 8.93. The van der Waals surface area contributed by atoms with Crippen LogP contribution in [0.3, 0.4) is 0 Å². The SMILES string of the molecule is Cc1cc(=O)n(C2CCN(C(=O)CC3CCCCC3)CC2)nc1-c1ccccc1. The van der Waals surface area contributed by atoms with Gasteiger partial charge in [-0.2, -0.15) is 5.10 Å². The fourth-order valence-corrected chi connectivity index (χ4v) is 4.83. The van der Waals surface area contributed by atoms with Crippen molar-refractivity contribution in [1.29, 1.82) is 0 Å². The van der Waals surface area contributed by atoms with Crippen molar-refractivity contribution in [3.8, 4) is 11.3 Å². The van der Waals surface area contributed by atoms with Crippen molar-refractivity contribution in [2.45, 2.75) is 64.3 Å². The second-order valence-corrected chi connectivity index (χ2v) is 8.64. The minimum absolute atomic E-state index is 0.0471. The number of amides is 1. The van der Waals surface area contributed by atoms with E-state index in [2.05, 4.69) is 0 Å². The van der Waals surface area contributed by atoms with E-state index in [1.807, 2.05) is 42.2 Å². The lowest BCUT2D eigenvalue weighted by Gasteiger charge is -2.33. The van der Waals surface area contributed by atoms with Gasteiger partial charge in [-0.1, -0.05) is 49.6 Å². The highest BCUT2D eigenvalue weighted by atomic mass is 16.2. The van der Waals surface area contributed by atoms with Crippen LogP contribution in [-0.4, -0.2) is 33.7 Å². The molecule has 4 rings (SSSR count). The first-order valence-electron chi connectivity index (χ1n) is 11.1. The Bertz CT molecular complexity index is 892. The van der Waals surface area contributed by atoms with Gasteiger partial charge in [-0.15, -0.1) is 0 Å². The van der Waals surface area contributed by atoms with E-state index < -0.39 is 0 Å². The number of aryl methyl sites for hydroxylation is 1. The average molecular weight is 394 g/mol. The first-order valence-corrected chi connectivity index (χ1v) is 11.1. The summed E-state index contributed by atoms with van der Waals surface area (Å²) in [5, 5.41) is 4.73. The summed E-state index contributed by atoms with van der Waals surface area (Å²) in [5.41, 5.74) is 2.74. The van der Waals surface area contributed by atoms with Crippen LogP contribution in [0.1, 0.15) is 63.0 Å². The van der Waals surface area contributed by atoms with Gasteiger partial charge in [-0.3, -0.25) is 9.59 Å². The molecule has 2 fully saturated rings. The summed E-state index contributed by atoms with van der Waals surface area (Å²) in [4.78, 5) is 27.3. The Morgan fingerprint density at radius 3 is 2.41 bits per heavy atom. The van der Waals surface area contributed by atoms with Crippen LogP contribution >= 0.6 is 0 Å². The number of carbonyl (C=O) groups excluding carboxylic acids is 1. The maximum absolute atomic E-state index is 12.7. The third-order valence-electron chi connectivity index (χ3n) is 6.55. The number of hydrogen-bond donors (Lipinski definition) is 0. The predicted molar refractivity (Wildman–Crippen MR) is 115 cm³/mol. The standard InChI is InChI=1S/C24H31N3O2/c1-18-16-23(29)27(25-24(18)20-10-6-3-7-11-20)21-12-14-26(15-13-21)22(28)17-19-8-4-2-5-9-19/h3,6-7,10-11,16,19,21H,2,4-5,8-9,12-15,17H2,1H3. The molecule has 0 unspecified atom stereocenters. The number of rotatable bonds is 4. The molecule has 154 valence electrons. The molecule has 2 aliphatic rings. The number of nitrogens with zero attached hydrogens (tertiary/aromatic N) is 3. The van der Waals surface area contributed by atoms with Gasteiger partial charge in [-0.05, 0) is 44.1 Å². The molecular weight excluding hydrogens is 362 g/mol. The topological polar surface area (TPSA) is 55.2 Å². The molecule has 1 aliphatic carbocycles. The molecule has 2 heterocycles. The van der Waals surface area contributed by atoms with Crippen LogP contribution in [0.25, 0.3) is 11.3 Å². The third kappa shape index (κ3) is 4.60. The van der Waals surface area contributed by atoms with Gasteiger partial charge in [0.2, 0.25) is 5.91 Å². The molecule has 1 saturated carbocycles. The molecule has 1 amide bonds. The van der Waals surface area contributed by atoms with Crippen molar-refractivity contribution < 1.29 is 4.79 Å². The molecule has 0 N–H and O–H groups in total. The van der Waals surface area contributed by atoms with E-state index in [9.17, 15) is 9.59 Å². The van der Waals surface area contributed by atoms with E-state index in [1.165, 1.54) is 32.1 Å². The molecular formula is C24H31N3O2. The van der Waals surface area contributed by atoms with E-state index >= 15 is 0 Å². The van der Waals surface area contributed by atoms with E-state index in [0.717, 1.165) is 42.8 Å². The normalized spacial score (nSPS) is 18.7.